The number of aromatic nitrogens is 2. The van der Waals surface area contributed by atoms with Crippen molar-refractivity contribution in [2.24, 2.45) is 0 Å². The third kappa shape index (κ3) is 5.29. The van der Waals surface area contributed by atoms with Gasteiger partial charge in [-0.1, -0.05) is 48.5 Å². The van der Waals surface area contributed by atoms with Gasteiger partial charge in [-0.2, -0.15) is 5.10 Å². The molecule has 0 saturated carbocycles. The Balaban J connectivity index is 1.78. The molecule has 3 N–H and O–H groups in total. The highest BCUT2D eigenvalue weighted by molar-refractivity contribution is 6.00. The van der Waals surface area contributed by atoms with Gasteiger partial charge in [0.15, 0.2) is 0 Å². The van der Waals surface area contributed by atoms with Gasteiger partial charge in [-0.15, -0.1) is 0 Å². The van der Waals surface area contributed by atoms with E-state index in [1.807, 2.05) is 60.7 Å². The Labute approximate surface area is 167 Å². The van der Waals surface area contributed by atoms with Gasteiger partial charge >= 0.3 is 0 Å². The van der Waals surface area contributed by atoms with Crippen LogP contribution in [0.15, 0.2) is 66.9 Å². The van der Waals surface area contributed by atoms with E-state index in [0.717, 1.165) is 11.3 Å². The van der Waals surface area contributed by atoms with Crippen LogP contribution < -0.4 is 16.2 Å². The average Bonchev–Trinajstić information content (AvgIpc) is 3.19. The SMILES string of the molecule is CC(=O)NCCC(=O)NNC(=O)c1cn(-c2ccccc2)nc1-c1ccccc1. The molecule has 0 saturated heterocycles. The molecular weight excluding hydrogens is 370 g/mol. The van der Waals surface area contributed by atoms with Crippen LogP contribution in [0, 0.1) is 0 Å². The molecular formula is C21H21N5O3. The minimum absolute atomic E-state index is 0.0503. The molecule has 0 radical (unpaired) electrons. The maximum absolute atomic E-state index is 12.7. The molecule has 0 aliphatic heterocycles. The normalized spacial score (nSPS) is 10.2. The number of rotatable bonds is 6. The molecule has 8 nitrogen and oxygen atoms in total. The molecule has 1 heterocycles. The molecule has 3 aromatic rings. The van der Waals surface area contributed by atoms with Gasteiger partial charge in [0.05, 0.1) is 11.3 Å². The molecule has 0 fully saturated rings. The summed E-state index contributed by atoms with van der Waals surface area (Å²) in [5, 5.41) is 7.09. The number of para-hydroxylation sites is 1. The lowest BCUT2D eigenvalue weighted by atomic mass is 10.1. The molecule has 0 bridgehead atoms. The van der Waals surface area contributed by atoms with Crippen molar-refractivity contribution in [3.05, 3.63) is 72.4 Å². The van der Waals surface area contributed by atoms with Crippen LogP contribution in [0.3, 0.4) is 0 Å². The Morgan fingerprint density at radius 3 is 2.24 bits per heavy atom. The van der Waals surface area contributed by atoms with E-state index in [9.17, 15) is 14.4 Å². The zero-order chi connectivity index (χ0) is 20.6. The van der Waals surface area contributed by atoms with Crippen molar-refractivity contribution in [2.75, 3.05) is 6.54 Å². The van der Waals surface area contributed by atoms with E-state index in [1.165, 1.54) is 6.92 Å². The number of carbonyl (C=O) groups excluding carboxylic acids is 3. The number of amides is 3. The average molecular weight is 391 g/mol. The van der Waals surface area contributed by atoms with Crippen molar-refractivity contribution in [1.29, 1.82) is 0 Å². The van der Waals surface area contributed by atoms with E-state index in [4.69, 9.17) is 0 Å². The fourth-order valence-electron chi connectivity index (χ4n) is 2.67. The fraction of sp³-hybridized carbons (Fsp3) is 0.143. The largest absolute Gasteiger partial charge is 0.356 e. The predicted molar refractivity (Wildman–Crippen MR) is 108 cm³/mol. The van der Waals surface area contributed by atoms with Crippen molar-refractivity contribution in [1.82, 2.24) is 25.9 Å². The summed E-state index contributed by atoms with van der Waals surface area (Å²) in [5.41, 5.74) is 7.17. The second kappa shape index (κ2) is 9.32. The maximum Gasteiger partial charge on any atom is 0.273 e. The summed E-state index contributed by atoms with van der Waals surface area (Å²) in [5.74, 6) is -1.12. The second-order valence-corrected chi connectivity index (χ2v) is 6.27. The summed E-state index contributed by atoms with van der Waals surface area (Å²) in [6.07, 6.45) is 1.67. The number of nitrogens with zero attached hydrogens (tertiary/aromatic N) is 2. The molecule has 1 aromatic heterocycles. The van der Waals surface area contributed by atoms with Crippen molar-refractivity contribution in [3.8, 4) is 16.9 Å². The molecule has 0 spiro atoms. The van der Waals surface area contributed by atoms with E-state index < -0.39 is 11.8 Å². The first-order chi connectivity index (χ1) is 14.0. The quantitative estimate of drug-likeness (QED) is 0.558. The summed E-state index contributed by atoms with van der Waals surface area (Å²) in [7, 11) is 0. The van der Waals surface area contributed by atoms with Crippen LogP contribution >= 0.6 is 0 Å². The Bertz CT molecular complexity index is 1000. The van der Waals surface area contributed by atoms with Crippen LogP contribution in [-0.4, -0.2) is 34.0 Å². The smallest absolute Gasteiger partial charge is 0.273 e. The van der Waals surface area contributed by atoms with Gasteiger partial charge in [-0.3, -0.25) is 25.2 Å². The summed E-state index contributed by atoms with van der Waals surface area (Å²) in [4.78, 5) is 35.4. The van der Waals surface area contributed by atoms with Gasteiger partial charge in [-0.05, 0) is 12.1 Å². The molecule has 8 heteroatoms. The number of hydrogen-bond acceptors (Lipinski definition) is 4. The van der Waals surface area contributed by atoms with Crippen molar-refractivity contribution >= 4 is 17.7 Å². The van der Waals surface area contributed by atoms with Crippen LogP contribution in [0.5, 0.6) is 0 Å². The van der Waals surface area contributed by atoms with E-state index in [0.29, 0.717) is 11.3 Å². The van der Waals surface area contributed by atoms with Crippen LogP contribution in [0.25, 0.3) is 16.9 Å². The molecule has 148 valence electrons. The Hall–Kier alpha value is -3.94. The molecule has 2 aromatic carbocycles. The van der Waals surface area contributed by atoms with Gasteiger partial charge in [0.2, 0.25) is 11.8 Å². The number of nitrogens with one attached hydrogen (secondary N) is 3. The van der Waals surface area contributed by atoms with E-state index in [-0.39, 0.29) is 18.9 Å². The predicted octanol–water partition coefficient (Wildman–Crippen LogP) is 1.83. The molecule has 29 heavy (non-hydrogen) atoms. The van der Waals surface area contributed by atoms with E-state index >= 15 is 0 Å². The minimum Gasteiger partial charge on any atom is -0.356 e. The van der Waals surface area contributed by atoms with E-state index in [2.05, 4.69) is 21.3 Å². The minimum atomic E-state index is -0.487. The number of carbonyl (C=O) groups is 3. The molecule has 0 unspecified atom stereocenters. The monoisotopic (exact) mass is 391 g/mol. The van der Waals surface area contributed by atoms with E-state index in [1.54, 1.807) is 10.9 Å². The van der Waals surface area contributed by atoms with Gasteiger partial charge in [-0.25, -0.2) is 4.68 Å². The molecule has 0 atom stereocenters. The first-order valence-corrected chi connectivity index (χ1v) is 9.08. The summed E-state index contributed by atoms with van der Waals surface area (Å²) < 4.78 is 1.62. The lowest BCUT2D eigenvalue weighted by Crippen LogP contribution is -2.42. The lowest BCUT2D eigenvalue weighted by molar-refractivity contribution is -0.122. The Morgan fingerprint density at radius 1 is 0.931 bits per heavy atom. The molecule has 0 aliphatic carbocycles. The van der Waals surface area contributed by atoms with Crippen LogP contribution in [0.4, 0.5) is 0 Å². The maximum atomic E-state index is 12.7. The molecule has 3 rings (SSSR count). The number of benzene rings is 2. The standard InChI is InChI=1S/C21H21N5O3/c1-15(27)22-13-12-19(28)23-24-21(29)18-14-26(17-10-6-3-7-11-17)25-20(18)16-8-4-2-5-9-16/h2-11,14H,12-13H2,1H3,(H,22,27)(H,23,28)(H,24,29). The lowest BCUT2D eigenvalue weighted by Gasteiger charge is -2.07. The zero-order valence-corrected chi connectivity index (χ0v) is 15.9. The van der Waals surface area contributed by atoms with Crippen molar-refractivity contribution in [2.45, 2.75) is 13.3 Å². The van der Waals surface area contributed by atoms with Crippen LogP contribution in [0.2, 0.25) is 0 Å². The first kappa shape index (κ1) is 19.8. The fourth-order valence-corrected chi connectivity index (χ4v) is 2.67. The molecule has 0 aliphatic rings. The number of hydrazine groups is 1. The van der Waals surface area contributed by atoms with Gasteiger partial charge < -0.3 is 5.32 Å². The van der Waals surface area contributed by atoms with Gasteiger partial charge in [0.1, 0.15) is 5.69 Å². The third-order valence-electron chi connectivity index (χ3n) is 4.07. The second-order valence-electron chi connectivity index (χ2n) is 6.27. The highest BCUT2D eigenvalue weighted by Crippen LogP contribution is 2.23. The molecule has 3 amide bonds. The van der Waals surface area contributed by atoms with Crippen molar-refractivity contribution < 1.29 is 14.4 Å². The number of hydrogen-bond donors (Lipinski definition) is 3. The highest BCUT2D eigenvalue weighted by atomic mass is 16.2. The zero-order valence-electron chi connectivity index (χ0n) is 15.9. The highest BCUT2D eigenvalue weighted by Gasteiger charge is 2.19. The summed E-state index contributed by atoms with van der Waals surface area (Å²) in [6.45, 7) is 1.56. The van der Waals surface area contributed by atoms with Gasteiger partial charge in [0, 0.05) is 31.6 Å². The van der Waals surface area contributed by atoms with Crippen LogP contribution in [0.1, 0.15) is 23.7 Å². The Kier molecular flexibility index (Phi) is 6.36. The van der Waals surface area contributed by atoms with Gasteiger partial charge in [0.25, 0.3) is 5.91 Å². The third-order valence-corrected chi connectivity index (χ3v) is 4.07. The first-order valence-electron chi connectivity index (χ1n) is 9.08. The Morgan fingerprint density at radius 2 is 1.59 bits per heavy atom. The summed E-state index contributed by atoms with van der Waals surface area (Å²) >= 11 is 0. The van der Waals surface area contributed by atoms with Crippen molar-refractivity contribution in [3.63, 3.8) is 0 Å². The van der Waals surface area contributed by atoms with Crippen LogP contribution in [-0.2, 0) is 9.59 Å². The summed E-state index contributed by atoms with van der Waals surface area (Å²) in [6, 6.07) is 18.8. The topological polar surface area (TPSA) is 105 Å².